The molecule has 1 saturated heterocycles. The summed E-state index contributed by atoms with van der Waals surface area (Å²) in [5, 5.41) is 10.9. The second kappa shape index (κ2) is 8.59. The molecule has 5 nitrogen and oxygen atoms in total. The summed E-state index contributed by atoms with van der Waals surface area (Å²) in [5.41, 5.74) is 1.83. The highest BCUT2D eigenvalue weighted by atomic mass is 19.1. The second-order valence-electron chi connectivity index (χ2n) is 7.24. The van der Waals surface area contributed by atoms with E-state index >= 15 is 0 Å². The number of fused-ring (bicyclic) bond motifs is 1. The standard InChI is InChI=1S/C23H21F2N3O2/c24-18-6-3-16(20(25)14-18)5-8-22(30)28-12-10-27(11-13-28)15-17-4-7-21(29)23-19(17)2-1-9-26-23/h1-9,14,29H,10-13,15H2/b8-5+. The van der Waals surface area contributed by atoms with E-state index in [-0.39, 0.29) is 17.2 Å². The number of pyridine rings is 1. The first-order chi connectivity index (χ1) is 14.5. The first-order valence-electron chi connectivity index (χ1n) is 9.71. The monoisotopic (exact) mass is 409 g/mol. The molecule has 1 fully saturated rings. The average molecular weight is 409 g/mol. The number of amides is 1. The van der Waals surface area contributed by atoms with Gasteiger partial charge in [-0.3, -0.25) is 14.7 Å². The third-order valence-electron chi connectivity index (χ3n) is 5.28. The molecule has 4 rings (SSSR count). The van der Waals surface area contributed by atoms with Gasteiger partial charge in [0.25, 0.3) is 0 Å². The second-order valence-corrected chi connectivity index (χ2v) is 7.24. The van der Waals surface area contributed by atoms with Crippen LogP contribution in [0.3, 0.4) is 0 Å². The maximum absolute atomic E-state index is 13.7. The number of piperazine rings is 1. The Labute approximate surface area is 172 Å². The van der Waals surface area contributed by atoms with Gasteiger partial charge in [-0.15, -0.1) is 0 Å². The van der Waals surface area contributed by atoms with Crippen LogP contribution < -0.4 is 0 Å². The number of carbonyl (C=O) groups is 1. The number of rotatable bonds is 4. The molecule has 0 spiro atoms. The Kier molecular flexibility index (Phi) is 5.72. The molecule has 0 saturated carbocycles. The summed E-state index contributed by atoms with van der Waals surface area (Å²) in [7, 11) is 0. The van der Waals surface area contributed by atoms with Crippen molar-refractivity contribution in [2.45, 2.75) is 6.54 Å². The van der Waals surface area contributed by atoms with E-state index < -0.39 is 11.6 Å². The number of phenolic OH excluding ortho intramolecular Hbond substituents is 1. The summed E-state index contributed by atoms with van der Waals surface area (Å²) in [6.07, 6.45) is 4.35. The van der Waals surface area contributed by atoms with Crippen molar-refractivity contribution in [3.05, 3.63) is 77.5 Å². The highest BCUT2D eigenvalue weighted by molar-refractivity contribution is 5.92. The van der Waals surface area contributed by atoms with Crippen molar-refractivity contribution >= 4 is 22.9 Å². The number of carbonyl (C=O) groups excluding carboxylic acids is 1. The summed E-state index contributed by atoms with van der Waals surface area (Å²) < 4.78 is 26.7. The average Bonchev–Trinajstić information content (AvgIpc) is 2.75. The van der Waals surface area contributed by atoms with Gasteiger partial charge in [0.15, 0.2) is 0 Å². The number of aromatic nitrogens is 1. The van der Waals surface area contributed by atoms with Gasteiger partial charge in [-0.1, -0.05) is 12.1 Å². The van der Waals surface area contributed by atoms with Crippen molar-refractivity contribution < 1.29 is 18.7 Å². The van der Waals surface area contributed by atoms with Gasteiger partial charge in [0.2, 0.25) is 5.91 Å². The lowest BCUT2D eigenvalue weighted by molar-refractivity contribution is -0.127. The van der Waals surface area contributed by atoms with E-state index in [4.69, 9.17) is 0 Å². The SMILES string of the molecule is O=C(/C=C/c1ccc(F)cc1F)N1CCN(Cc2ccc(O)c3ncccc23)CC1. The summed E-state index contributed by atoms with van der Waals surface area (Å²) in [6.45, 7) is 3.22. The third kappa shape index (κ3) is 4.31. The Morgan fingerprint density at radius 1 is 1.10 bits per heavy atom. The van der Waals surface area contributed by atoms with E-state index in [1.54, 1.807) is 17.2 Å². The van der Waals surface area contributed by atoms with Gasteiger partial charge in [0.1, 0.15) is 22.9 Å². The van der Waals surface area contributed by atoms with Crippen molar-refractivity contribution in [1.82, 2.24) is 14.8 Å². The van der Waals surface area contributed by atoms with Crippen LogP contribution >= 0.6 is 0 Å². The zero-order valence-electron chi connectivity index (χ0n) is 16.3. The summed E-state index contributed by atoms with van der Waals surface area (Å²) >= 11 is 0. The van der Waals surface area contributed by atoms with Crippen LogP contribution in [0.4, 0.5) is 8.78 Å². The van der Waals surface area contributed by atoms with Gasteiger partial charge in [-0.25, -0.2) is 8.78 Å². The van der Waals surface area contributed by atoms with E-state index in [1.165, 1.54) is 18.2 Å². The fourth-order valence-electron chi connectivity index (χ4n) is 3.63. The molecule has 1 aromatic heterocycles. The Hall–Kier alpha value is -3.32. The number of aromatic hydroxyl groups is 1. The highest BCUT2D eigenvalue weighted by Crippen LogP contribution is 2.26. The predicted octanol–water partition coefficient (Wildman–Crippen LogP) is 3.58. The molecular formula is C23H21F2N3O2. The molecule has 7 heteroatoms. The summed E-state index contributed by atoms with van der Waals surface area (Å²) in [5.74, 6) is -1.38. The minimum absolute atomic E-state index is 0.161. The van der Waals surface area contributed by atoms with Gasteiger partial charge < -0.3 is 10.0 Å². The maximum Gasteiger partial charge on any atom is 0.246 e. The molecule has 0 unspecified atom stereocenters. The van der Waals surface area contributed by atoms with Crippen LogP contribution in [0, 0.1) is 11.6 Å². The molecule has 0 radical (unpaired) electrons. The Morgan fingerprint density at radius 3 is 2.67 bits per heavy atom. The Bertz CT molecular complexity index is 1110. The molecule has 1 N–H and O–H groups in total. The molecule has 3 aromatic rings. The van der Waals surface area contributed by atoms with Crippen LogP contribution in [-0.2, 0) is 11.3 Å². The van der Waals surface area contributed by atoms with Crippen molar-refractivity contribution in [1.29, 1.82) is 0 Å². The normalized spacial score (nSPS) is 15.2. The molecule has 2 heterocycles. The van der Waals surface area contributed by atoms with Crippen LogP contribution in [-0.4, -0.2) is 52.0 Å². The minimum Gasteiger partial charge on any atom is -0.506 e. The van der Waals surface area contributed by atoms with Gasteiger partial charge >= 0.3 is 0 Å². The summed E-state index contributed by atoms with van der Waals surface area (Å²) in [6, 6.07) is 10.6. The largest absolute Gasteiger partial charge is 0.506 e. The topological polar surface area (TPSA) is 56.7 Å². The molecular weight excluding hydrogens is 388 g/mol. The first-order valence-corrected chi connectivity index (χ1v) is 9.71. The predicted molar refractivity (Wildman–Crippen MR) is 111 cm³/mol. The fraction of sp³-hybridized carbons (Fsp3) is 0.217. The smallest absolute Gasteiger partial charge is 0.246 e. The number of hydrogen-bond acceptors (Lipinski definition) is 4. The number of halogens is 2. The lowest BCUT2D eigenvalue weighted by Crippen LogP contribution is -2.47. The number of phenols is 1. The summed E-state index contributed by atoms with van der Waals surface area (Å²) in [4.78, 5) is 20.6. The highest BCUT2D eigenvalue weighted by Gasteiger charge is 2.20. The van der Waals surface area contributed by atoms with E-state index in [0.29, 0.717) is 38.2 Å². The molecule has 2 aromatic carbocycles. The van der Waals surface area contributed by atoms with Crippen LogP contribution in [0.25, 0.3) is 17.0 Å². The number of benzene rings is 2. The quantitative estimate of drug-likeness (QED) is 0.670. The van der Waals surface area contributed by atoms with Crippen LogP contribution in [0.15, 0.2) is 54.7 Å². The molecule has 30 heavy (non-hydrogen) atoms. The van der Waals surface area contributed by atoms with Gasteiger partial charge in [-0.2, -0.15) is 0 Å². The molecule has 0 bridgehead atoms. The van der Waals surface area contributed by atoms with E-state index in [1.807, 2.05) is 18.2 Å². The maximum atomic E-state index is 13.7. The molecule has 0 atom stereocenters. The molecule has 154 valence electrons. The molecule has 1 aliphatic rings. The number of hydrogen-bond donors (Lipinski definition) is 1. The Morgan fingerprint density at radius 2 is 1.90 bits per heavy atom. The van der Waals surface area contributed by atoms with E-state index in [9.17, 15) is 18.7 Å². The van der Waals surface area contributed by atoms with Crippen LogP contribution in [0.2, 0.25) is 0 Å². The Balaban J connectivity index is 1.37. The van der Waals surface area contributed by atoms with Crippen LogP contribution in [0.5, 0.6) is 5.75 Å². The van der Waals surface area contributed by atoms with Gasteiger partial charge in [0, 0.05) is 62.0 Å². The molecule has 0 aliphatic carbocycles. The lowest BCUT2D eigenvalue weighted by Gasteiger charge is -2.34. The minimum atomic E-state index is -0.695. The first kappa shape index (κ1) is 20.0. The van der Waals surface area contributed by atoms with Crippen LogP contribution in [0.1, 0.15) is 11.1 Å². The van der Waals surface area contributed by atoms with Gasteiger partial charge in [-0.05, 0) is 35.9 Å². The van der Waals surface area contributed by atoms with Crippen molar-refractivity contribution in [2.75, 3.05) is 26.2 Å². The number of nitrogens with zero attached hydrogens (tertiary/aromatic N) is 3. The fourth-order valence-corrected chi connectivity index (χ4v) is 3.63. The molecule has 1 aliphatic heterocycles. The van der Waals surface area contributed by atoms with Gasteiger partial charge in [0.05, 0.1) is 0 Å². The van der Waals surface area contributed by atoms with E-state index in [0.717, 1.165) is 23.1 Å². The lowest BCUT2D eigenvalue weighted by atomic mass is 10.1. The van der Waals surface area contributed by atoms with Crippen molar-refractivity contribution in [3.63, 3.8) is 0 Å². The van der Waals surface area contributed by atoms with Crippen molar-refractivity contribution in [2.24, 2.45) is 0 Å². The third-order valence-corrected chi connectivity index (χ3v) is 5.28. The van der Waals surface area contributed by atoms with Crippen molar-refractivity contribution in [3.8, 4) is 5.75 Å². The van der Waals surface area contributed by atoms with E-state index in [2.05, 4.69) is 9.88 Å². The molecule has 1 amide bonds. The zero-order valence-corrected chi connectivity index (χ0v) is 16.3. The zero-order chi connectivity index (χ0) is 21.1.